The zero-order chi connectivity index (χ0) is 17.4. The van der Waals surface area contributed by atoms with Crippen LogP contribution in [0.1, 0.15) is 43.6 Å². The van der Waals surface area contributed by atoms with Crippen LogP contribution >= 0.6 is 0 Å². The number of carbonyl (C=O) groups excluding carboxylic acids is 2. The summed E-state index contributed by atoms with van der Waals surface area (Å²) in [6.07, 6.45) is 4.06. The highest BCUT2D eigenvalue weighted by atomic mass is 16.6. The van der Waals surface area contributed by atoms with Crippen molar-refractivity contribution in [2.75, 3.05) is 31.6 Å². The first-order chi connectivity index (χ1) is 11.6. The molecular weight excluding hydrogens is 308 g/mol. The van der Waals surface area contributed by atoms with Crippen molar-refractivity contribution in [1.82, 2.24) is 15.2 Å². The van der Waals surface area contributed by atoms with Gasteiger partial charge in [-0.3, -0.25) is 4.79 Å². The Morgan fingerprint density at radius 1 is 1.29 bits per heavy atom. The fourth-order valence-electron chi connectivity index (χ4n) is 2.60. The molecule has 1 aliphatic heterocycles. The molecule has 2 heterocycles. The molecule has 2 amide bonds. The van der Waals surface area contributed by atoms with E-state index in [0.717, 1.165) is 24.9 Å². The molecule has 132 valence electrons. The molecule has 2 N–H and O–H groups in total. The quantitative estimate of drug-likeness (QED) is 0.834. The monoisotopic (exact) mass is 334 g/mol. The summed E-state index contributed by atoms with van der Waals surface area (Å²) in [7, 11) is 0. The zero-order valence-corrected chi connectivity index (χ0v) is 14.4. The lowest BCUT2D eigenvalue weighted by Crippen LogP contribution is -2.42. The average Bonchev–Trinajstić information content (AvgIpc) is 2.61. The Hall–Kier alpha value is -2.31. The Labute approximate surface area is 142 Å². The number of pyridine rings is 1. The minimum absolute atomic E-state index is 0.147. The van der Waals surface area contributed by atoms with Gasteiger partial charge in [-0.2, -0.15) is 0 Å². The highest BCUT2D eigenvalue weighted by Gasteiger charge is 2.23. The van der Waals surface area contributed by atoms with Crippen molar-refractivity contribution in [1.29, 1.82) is 0 Å². The van der Waals surface area contributed by atoms with Crippen LogP contribution in [0.25, 0.3) is 0 Å². The van der Waals surface area contributed by atoms with E-state index in [1.54, 1.807) is 17.2 Å². The Kier molecular flexibility index (Phi) is 6.84. The number of amides is 2. The van der Waals surface area contributed by atoms with Gasteiger partial charge in [-0.05, 0) is 38.3 Å². The molecule has 0 aromatic carbocycles. The maximum Gasteiger partial charge on any atom is 0.409 e. The van der Waals surface area contributed by atoms with Crippen molar-refractivity contribution in [3.05, 3.63) is 24.0 Å². The highest BCUT2D eigenvalue weighted by molar-refractivity contribution is 5.92. The third-order valence-electron chi connectivity index (χ3n) is 3.92. The summed E-state index contributed by atoms with van der Waals surface area (Å²) in [4.78, 5) is 29.4. The SMILES string of the molecule is CCCNC(=O)c1ccc(NC2CCN(C(=O)OCC)CC2)cn1. The average molecular weight is 334 g/mol. The van der Waals surface area contributed by atoms with Crippen LogP contribution in [0.5, 0.6) is 0 Å². The number of nitrogens with one attached hydrogen (secondary N) is 2. The number of rotatable bonds is 6. The smallest absolute Gasteiger partial charge is 0.409 e. The minimum Gasteiger partial charge on any atom is -0.450 e. The second kappa shape index (κ2) is 9.10. The largest absolute Gasteiger partial charge is 0.450 e. The molecule has 1 aromatic rings. The van der Waals surface area contributed by atoms with Crippen LogP contribution < -0.4 is 10.6 Å². The molecule has 1 fully saturated rings. The van der Waals surface area contributed by atoms with Gasteiger partial charge in [0.05, 0.1) is 18.5 Å². The first-order valence-electron chi connectivity index (χ1n) is 8.56. The van der Waals surface area contributed by atoms with Crippen LogP contribution in [-0.2, 0) is 4.74 Å². The number of nitrogens with zero attached hydrogens (tertiary/aromatic N) is 2. The first-order valence-corrected chi connectivity index (χ1v) is 8.56. The van der Waals surface area contributed by atoms with Gasteiger partial charge in [0, 0.05) is 25.7 Å². The van der Waals surface area contributed by atoms with Crippen molar-refractivity contribution in [3.63, 3.8) is 0 Å². The summed E-state index contributed by atoms with van der Waals surface area (Å²) < 4.78 is 5.02. The number of hydrogen-bond donors (Lipinski definition) is 2. The van der Waals surface area contributed by atoms with Crippen LogP contribution in [0.2, 0.25) is 0 Å². The van der Waals surface area contributed by atoms with Crippen molar-refractivity contribution < 1.29 is 14.3 Å². The van der Waals surface area contributed by atoms with Gasteiger partial charge in [0.1, 0.15) is 5.69 Å². The molecule has 24 heavy (non-hydrogen) atoms. The maximum atomic E-state index is 11.8. The maximum absolute atomic E-state index is 11.8. The third kappa shape index (κ3) is 5.11. The summed E-state index contributed by atoms with van der Waals surface area (Å²) in [5.41, 5.74) is 1.31. The highest BCUT2D eigenvalue weighted by Crippen LogP contribution is 2.17. The van der Waals surface area contributed by atoms with Gasteiger partial charge in [0.2, 0.25) is 0 Å². The van der Waals surface area contributed by atoms with Gasteiger partial charge < -0.3 is 20.3 Å². The normalized spacial score (nSPS) is 15.0. The third-order valence-corrected chi connectivity index (χ3v) is 3.92. The minimum atomic E-state index is -0.236. The van der Waals surface area contributed by atoms with Gasteiger partial charge in [0.15, 0.2) is 0 Å². The van der Waals surface area contributed by atoms with E-state index in [9.17, 15) is 9.59 Å². The van der Waals surface area contributed by atoms with Gasteiger partial charge >= 0.3 is 6.09 Å². The topological polar surface area (TPSA) is 83.6 Å². The molecule has 0 saturated carbocycles. The Morgan fingerprint density at radius 2 is 2.04 bits per heavy atom. The Balaban J connectivity index is 1.80. The van der Waals surface area contributed by atoms with Crippen LogP contribution in [0.15, 0.2) is 18.3 Å². The fraction of sp³-hybridized carbons (Fsp3) is 0.588. The number of piperidine rings is 1. The standard InChI is InChI=1S/C17H26N4O3/c1-3-9-18-16(22)15-6-5-14(12-19-15)20-13-7-10-21(11-8-13)17(23)24-4-2/h5-6,12-13,20H,3-4,7-11H2,1-2H3,(H,18,22). The van der Waals surface area contributed by atoms with Crippen LogP contribution in [0.4, 0.5) is 10.5 Å². The molecule has 0 atom stereocenters. The van der Waals surface area contributed by atoms with Crippen LogP contribution in [-0.4, -0.2) is 54.2 Å². The van der Waals surface area contributed by atoms with E-state index in [1.165, 1.54) is 0 Å². The Morgan fingerprint density at radius 3 is 2.62 bits per heavy atom. The second-order valence-corrected chi connectivity index (χ2v) is 5.79. The number of likely N-dealkylation sites (tertiary alicyclic amines) is 1. The van der Waals surface area contributed by atoms with Gasteiger partial charge in [-0.1, -0.05) is 6.92 Å². The molecule has 0 radical (unpaired) electrons. The summed E-state index contributed by atoms with van der Waals surface area (Å²) >= 11 is 0. The van der Waals surface area contributed by atoms with Gasteiger partial charge in [0.25, 0.3) is 5.91 Å². The van der Waals surface area contributed by atoms with Gasteiger partial charge in [-0.15, -0.1) is 0 Å². The summed E-state index contributed by atoms with van der Waals surface area (Å²) in [6.45, 7) is 6.24. The van der Waals surface area contributed by atoms with Crippen molar-refractivity contribution in [2.24, 2.45) is 0 Å². The molecule has 1 aromatic heterocycles. The van der Waals surface area contributed by atoms with E-state index < -0.39 is 0 Å². The van der Waals surface area contributed by atoms with E-state index >= 15 is 0 Å². The van der Waals surface area contributed by atoms with E-state index in [4.69, 9.17) is 4.74 Å². The fourth-order valence-corrected chi connectivity index (χ4v) is 2.60. The molecule has 0 bridgehead atoms. The molecule has 7 nitrogen and oxygen atoms in total. The van der Waals surface area contributed by atoms with E-state index in [0.29, 0.717) is 31.9 Å². The second-order valence-electron chi connectivity index (χ2n) is 5.79. The van der Waals surface area contributed by atoms with Crippen molar-refractivity contribution in [3.8, 4) is 0 Å². The van der Waals surface area contributed by atoms with Crippen LogP contribution in [0.3, 0.4) is 0 Å². The molecule has 0 unspecified atom stereocenters. The first kappa shape index (κ1) is 18.0. The number of ether oxygens (including phenoxy) is 1. The lowest BCUT2D eigenvalue weighted by molar-refractivity contribution is 0.0947. The molecule has 1 aliphatic rings. The van der Waals surface area contributed by atoms with E-state index in [2.05, 4.69) is 15.6 Å². The Bertz CT molecular complexity index is 539. The molecule has 0 spiro atoms. The molecular formula is C17H26N4O3. The number of carbonyl (C=O) groups is 2. The molecule has 1 saturated heterocycles. The van der Waals surface area contributed by atoms with Gasteiger partial charge in [-0.25, -0.2) is 9.78 Å². The molecule has 7 heteroatoms. The number of hydrogen-bond acceptors (Lipinski definition) is 5. The molecule has 2 rings (SSSR count). The van der Waals surface area contributed by atoms with Crippen molar-refractivity contribution in [2.45, 2.75) is 39.2 Å². The van der Waals surface area contributed by atoms with Crippen molar-refractivity contribution >= 4 is 17.7 Å². The predicted octanol–water partition coefficient (Wildman–Crippen LogP) is 2.25. The predicted molar refractivity (Wildman–Crippen MR) is 92.1 cm³/mol. The summed E-state index contributed by atoms with van der Waals surface area (Å²) in [5.74, 6) is -0.147. The van der Waals surface area contributed by atoms with Crippen LogP contribution in [0, 0.1) is 0 Å². The number of anilines is 1. The van der Waals surface area contributed by atoms with E-state index in [-0.39, 0.29) is 18.0 Å². The summed E-state index contributed by atoms with van der Waals surface area (Å²) in [6, 6.07) is 3.88. The number of aromatic nitrogens is 1. The lowest BCUT2D eigenvalue weighted by atomic mass is 10.1. The lowest BCUT2D eigenvalue weighted by Gasteiger charge is -2.32. The zero-order valence-electron chi connectivity index (χ0n) is 14.4. The molecule has 0 aliphatic carbocycles. The summed E-state index contributed by atoms with van der Waals surface area (Å²) in [5, 5.41) is 6.21. The van der Waals surface area contributed by atoms with E-state index in [1.807, 2.05) is 19.9 Å².